The molecule has 35 heavy (non-hydrogen) atoms. The van der Waals surface area contributed by atoms with Crippen molar-refractivity contribution in [2.45, 2.75) is 63.9 Å². The minimum atomic E-state index is -0.434. The SMILES string of the molecule is Cc1c(Cl)cnc2c3c(nn12)CN(C(=O)c1ccc(F)cc1OC1C[C@H]2CC[C@@H](C1)N2CCO)C3. The standard InChI is InChI=1S/C25H27ClFN5O3/c1-14-21(26)11-28-24-20-12-30(13-22(20)29-32(14)24)25(34)19-5-2-15(27)8-23(19)35-18-9-16-3-4-17(10-18)31(16)6-7-33/h2,5,8,11,16-18,33H,3-4,6-7,9-10,12-13H2,1H3/t16-,17+,18?. The Kier molecular flexibility index (Phi) is 5.66. The molecule has 1 unspecified atom stereocenters. The Morgan fingerprint density at radius 2 is 2.03 bits per heavy atom. The molecule has 1 aromatic carbocycles. The Balaban J connectivity index is 1.22. The van der Waals surface area contributed by atoms with Crippen molar-refractivity contribution >= 4 is 23.2 Å². The highest BCUT2D eigenvalue weighted by Crippen LogP contribution is 2.38. The number of aliphatic hydroxyl groups excluding tert-OH is 1. The first-order valence-electron chi connectivity index (χ1n) is 12.1. The summed E-state index contributed by atoms with van der Waals surface area (Å²) in [4.78, 5) is 22.0. The van der Waals surface area contributed by atoms with E-state index in [1.54, 1.807) is 15.6 Å². The van der Waals surface area contributed by atoms with Crippen LogP contribution in [0.4, 0.5) is 4.39 Å². The van der Waals surface area contributed by atoms with Crippen LogP contribution in [0.3, 0.4) is 0 Å². The van der Waals surface area contributed by atoms with Crippen molar-refractivity contribution in [3.63, 3.8) is 0 Å². The van der Waals surface area contributed by atoms with Crippen LogP contribution in [-0.2, 0) is 13.1 Å². The molecule has 2 bridgehead atoms. The number of aromatic nitrogens is 3. The number of piperidine rings is 1. The number of amides is 1. The number of aliphatic hydroxyl groups is 1. The highest BCUT2D eigenvalue weighted by Gasteiger charge is 2.41. The summed E-state index contributed by atoms with van der Waals surface area (Å²) in [6, 6.07) is 4.83. The van der Waals surface area contributed by atoms with Gasteiger partial charge in [0, 0.05) is 36.5 Å². The number of rotatable bonds is 5. The fourth-order valence-corrected chi connectivity index (χ4v) is 6.07. The van der Waals surface area contributed by atoms with Gasteiger partial charge in [-0.3, -0.25) is 9.69 Å². The molecule has 1 amide bonds. The lowest BCUT2D eigenvalue weighted by atomic mass is 9.99. The van der Waals surface area contributed by atoms with E-state index >= 15 is 0 Å². The number of halogens is 2. The minimum Gasteiger partial charge on any atom is -0.489 e. The molecule has 1 N–H and O–H groups in total. The third kappa shape index (κ3) is 3.86. The number of carbonyl (C=O) groups is 1. The molecule has 5 heterocycles. The molecule has 0 spiro atoms. The Hall–Kier alpha value is -2.75. The molecule has 184 valence electrons. The van der Waals surface area contributed by atoms with Crippen LogP contribution >= 0.6 is 11.6 Å². The first-order valence-corrected chi connectivity index (χ1v) is 12.4. The van der Waals surface area contributed by atoms with E-state index in [4.69, 9.17) is 16.3 Å². The van der Waals surface area contributed by atoms with E-state index in [0.29, 0.717) is 48.0 Å². The Labute approximate surface area is 207 Å². The van der Waals surface area contributed by atoms with Gasteiger partial charge in [0.25, 0.3) is 5.91 Å². The van der Waals surface area contributed by atoms with Crippen LogP contribution in [0.2, 0.25) is 5.02 Å². The zero-order chi connectivity index (χ0) is 24.3. The molecule has 0 saturated carbocycles. The molecule has 2 saturated heterocycles. The maximum absolute atomic E-state index is 14.2. The van der Waals surface area contributed by atoms with E-state index in [9.17, 15) is 14.3 Å². The number of carbonyl (C=O) groups excluding carboxylic acids is 1. The summed E-state index contributed by atoms with van der Waals surface area (Å²) in [5.74, 6) is -0.367. The van der Waals surface area contributed by atoms with Crippen molar-refractivity contribution in [3.8, 4) is 5.75 Å². The minimum absolute atomic E-state index is 0.0901. The number of aryl methyl sites for hydroxylation is 1. The quantitative estimate of drug-likeness (QED) is 0.579. The van der Waals surface area contributed by atoms with Crippen molar-refractivity contribution in [2.75, 3.05) is 13.2 Å². The second-order valence-electron chi connectivity index (χ2n) is 9.71. The molecule has 3 aromatic rings. The number of hydrogen-bond acceptors (Lipinski definition) is 6. The Bertz CT molecular complexity index is 1300. The van der Waals surface area contributed by atoms with Gasteiger partial charge in [-0.15, -0.1) is 0 Å². The number of benzene rings is 1. The maximum Gasteiger partial charge on any atom is 0.258 e. The van der Waals surface area contributed by atoms with Crippen molar-refractivity contribution < 1.29 is 19.0 Å². The first-order chi connectivity index (χ1) is 16.9. The Morgan fingerprint density at radius 1 is 1.26 bits per heavy atom. The van der Waals surface area contributed by atoms with Gasteiger partial charge in [0.1, 0.15) is 17.7 Å². The van der Waals surface area contributed by atoms with Crippen LogP contribution in [0.5, 0.6) is 5.75 Å². The molecule has 10 heteroatoms. The molecule has 3 aliphatic heterocycles. The topological polar surface area (TPSA) is 83.2 Å². The predicted octanol–water partition coefficient (Wildman–Crippen LogP) is 3.35. The summed E-state index contributed by atoms with van der Waals surface area (Å²) < 4.78 is 22.2. The number of hydrogen-bond donors (Lipinski definition) is 1. The van der Waals surface area contributed by atoms with Gasteiger partial charge in [-0.05, 0) is 44.7 Å². The van der Waals surface area contributed by atoms with Crippen molar-refractivity contribution in [2.24, 2.45) is 0 Å². The molecule has 8 nitrogen and oxygen atoms in total. The third-order valence-electron chi connectivity index (χ3n) is 7.65. The normalized spacial score (nSPS) is 23.8. The van der Waals surface area contributed by atoms with Crippen molar-refractivity contribution in [3.05, 3.63) is 57.8 Å². The monoisotopic (exact) mass is 499 g/mol. The van der Waals surface area contributed by atoms with Crippen LogP contribution in [0.25, 0.3) is 5.65 Å². The lowest BCUT2D eigenvalue weighted by Crippen LogP contribution is -2.47. The first kappa shape index (κ1) is 22.7. The van der Waals surface area contributed by atoms with Gasteiger partial charge < -0.3 is 14.7 Å². The molecule has 3 atom stereocenters. The molecule has 2 fully saturated rings. The zero-order valence-corrected chi connectivity index (χ0v) is 20.2. The fourth-order valence-electron chi connectivity index (χ4n) is 5.95. The predicted molar refractivity (Wildman–Crippen MR) is 127 cm³/mol. The van der Waals surface area contributed by atoms with E-state index in [1.165, 1.54) is 18.2 Å². The second-order valence-corrected chi connectivity index (χ2v) is 10.1. The van der Waals surface area contributed by atoms with Gasteiger partial charge in [0.05, 0.1) is 41.7 Å². The average Bonchev–Trinajstić information content (AvgIpc) is 3.46. The highest BCUT2D eigenvalue weighted by molar-refractivity contribution is 6.31. The lowest BCUT2D eigenvalue weighted by molar-refractivity contribution is 0.0380. The molecule has 3 aliphatic rings. The van der Waals surface area contributed by atoms with Gasteiger partial charge in [-0.1, -0.05) is 11.6 Å². The van der Waals surface area contributed by atoms with Crippen LogP contribution < -0.4 is 4.74 Å². The molecule has 0 aliphatic carbocycles. The van der Waals surface area contributed by atoms with Crippen LogP contribution in [0.15, 0.2) is 24.4 Å². The van der Waals surface area contributed by atoms with Crippen molar-refractivity contribution in [1.82, 2.24) is 24.4 Å². The maximum atomic E-state index is 14.2. The average molecular weight is 500 g/mol. The number of nitrogens with zero attached hydrogens (tertiary/aromatic N) is 5. The van der Waals surface area contributed by atoms with Gasteiger partial charge in [0.2, 0.25) is 0 Å². The molecule has 6 rings (SSSR count). The van der Waals surface area contributed by atoms with E-state index in [1.807, 2.05) is 6.92 Å². The zero-order valence-electron chi connectivity index (χ0n) is 19.5. The second kappa shape index (κ2) is 8.72. The van der Waals surface area contributed by atoms with Gasteiger partial charge in [-0.2, -0.15) is 5.10 Å². The van der Waals surface area contributed by atoms with Gasteiger partial charge in [0.15, 0.2) is 5.65 Å². The summed E-state index contributed by atoms with van der Waals surface area (Å²) in [6.45, 7) is 3.41. The summed E-state index contributed by atoms with van der Waals surface area (Å²) in [5, 5.41) is 14.5. The Morgan fingerprint density at radius 3 is 2.77 bits per heavy atom. The fraction of sp³-hybridized carbons (Fsp3) is 0.480. The summed E-state index contributed by atoms with van der Waals surface area (Å²) >= 11 is 6.18. The summed E-state index contributed by atoms with van der Waals surface area (Å²) in [7, 11) is 0. The van der Waals surface area contributed by atoms with E-state index in [0.717, 1.165) is 42.6 Å². The molecule has 0 radical (unpaired) electrons. The van der Waals surface area contributed by atoms with Crippen LogP contribution in [-0.4, -0.2) is 66.8 Å². The van der Waals surface area contributed by atoms with Gasteiger partial charge in [-0.25, -0.2) is 13.9 Å². The molecular formula is C25H27ClFN5O3. The van der Waals surface area contributed by atoms with Crippen LogP contribution in [0.1, 0.15) is 53.0 Å². The summed E-state index contributed by atoms with van der Waals surface area (Å²) in [5.41, 5.74) is 3.53. The smallest absolute Gasteiger partial charge is 0.258 e. The van der Waals surface area contributed by atoms with Gasteiger partial charge >= 0.3 is 0 Å². The van der Waals surface area contributed by atoms with Crippen LogP contribution in [0, 0.1) is 12.7 Å². The van der Waals surface area contributed by atoms with E-state index in [2.05, 4.69) is 15.0 Å². The largest absolute Gasteiger partial charge is 0.489 e. The highest BCUT2D eigenvalue weighted by atomic mass is 35.5. The van der Waals surface area contributed by atoms with E-state index in [-0.39, 0.29) is 24.4 Å². The van der Waals surface area contributed by atoms with E-state index < -0.39 is 5.82 Å². The molecule has 2 aromatic heterocycles. The van der Waals surface area contributed by atoms with Crippen molar-refractivity contribution in [1.29, 1.82) is 0 Å². The lowest BCUT2D eigenvalue weighted by Gasteiger charge is -2.38. The third-order valence-corrected chi connectivity index (χ3v) is 8.02. The number of fused-ring (bicyclic) bond motifs is 5. The summed E-state index contributed by atoms with van der Waals surface area (Å²) in [6.07, 6.45) is 5.27. The molecular weight excluding hydrogens is 473 g/mol. The number of ether oxygens (including phenoxy) is 1.